The first-order valence-corrected chi connectivity index (χ1v) is 5.06. The number of carbonyl (C=O) groups is 1. The van der Waals surface area contributed by atoms with Crippen molar-refractivity contribution in [2.24, 2.45) is 0 Å². The molecule has 4 heteroatoms. The van der Waals surface area contributed by atoms with E-state index in [0.717, 1.165) is 11.8 Å². The Balaban J connectivity index is 3.54. The lowest BCUT2D eigenvalue weighted by Crippen LogP contribution is -2.06. The molecule has 0 spiro atoms. The molecule has 0 aliphatic heterocycles. The Kier molecular flexibility index (Phi) is 6.11. The van der Waals surface area contributed by atoms with E-state index in [4.69, 9.17) is 23.2 Å². The lowest BCUT2D eigenvalue weighted by molar-refractivity contribution is -0.107. The quantitative estimate of drug-likeness (QED) is 0.527. The summed E-state index contributed by atoms with van der Waals surface area (Å²) in [6.45, 7) is 5.19. The molecule has 0 aromatic rings. The van der Waals surface area contributed by atoms with E-state index in [1.54, 1.807) is 6.92 Å². The van der Waals surface area contributed by atoms with E-state index in [-0.39, 0.29) is 10.5 Å². The largest absolute Gasteiger partial charge is 0.282 e. The van der Waals surface area contributed by atoms with Crippen LogP contribution in [0.4, 0.5) is 0 Å². The zero-order valence-corrected chi connectivity index (χ0v) is 8.60. The minimum Gasteiger partial charge on any atom is -0.282 e. The summed E-state index contributed by atoms with van der Waals surface area (Å²) in [7, 11) is 0. The smallest absolute Gasteiger partial charge is 0.214 e. The molecule has 1 unspecified atom stereocenters. The Labute approximate surface area is 81.1 Å². The lowest BCUT2D eigenvalue weighted by atomic mass is 10.4. The molecule has 0 aromatic heterocycles. The van der Waals surface area contributed by atoms with E-state index in [1.807, 2.05) is 0 Å². The predicted octanol–water partition coefficient (Wildman–Crippen LogP) is 2.67. The third-order valence-electron chi connectivity index (χ3n) is 0.911. The Morgan fingerprint density at radius 1 is 1.73 bits per heavy atom. The van der Waals surface area contributed by atoms with Crippen LogP contribution in [0.1, 0.15) is 6.92 Å². The van der Waals surface area contributed by atoms with Crippen LogP contribution in [0.2, 0.25) is 0 Å². The van der Waals surface area contributed by atoms with Crippen molar-refractivity contribution in [3.05, 3.63) is 12.2 Å². The molecule has 0 N–H and O–H groups in total. The third-order valence-corrected chi connectivity index (χ3v) is 3.11. The monoisotopic (exact) mass is 212 g/mol. The second-order valence-electron chi connectivity index (χ2n) is 2.13. The molecule has 0 radical (unpaired) electrons. The Bertz CT molecular complexity index is 159. The summed E-state index contributed by atoms with van der Waals surface area (Å²) in [4.78, 5) is 10.9. The molecule has 0 saturated heterocycles. The van der Waals surface area contributed by atoms with Crippen molar-refractivity contribution in [2.45, 2.75) is 12.3 Å². The fourth-order valence-corrected chi connectivity index (χ4v) is 1.46. The summed E-state index contributed by atoms with van der Waals surface area (Å²) in [5, 5.41) is -0.147. The molecular weight excluding hydrogens is 203 g/mol. The van der Waals surface area contributed by atoms with Gasteiger partial charge in [0.1, 0.15) is 0 Å². The number of carbonyl (C=O) groups excluding carboxylic acids is 1. The standard InChI is InChI=1S/C7H10Cl2OS/c1-5(2)7(10)11-4-6(9)3-8/h6H,1,3-4H2,2H3. The molecule has 0 heterocycles. The molecule has 0 fully saturated rings. The molecule has 0 amide bonds. The van der Waals surface area contributed by atoms with Crippen molar-refractivity contribution in [1.29, 1.82) is 0 Å². The summed E-state index contributed by atoms with van der Waals surface area (Å²) >= 11 is 12.3. The number of hydrogen-bond donors (Lipinski definition) is 0. The van der Waals surface area contributed by atoms with Gasteiger partial charge in [-0.15, -0.1) is 23.2 Å². The first-order valence-electron chi connectivity index (χ1n) is 3.10. The fourth-order valence-electron chi connectivity index (χ4n) is 0.334. The number of halogens is 2. The maximum Gasteiger partial charge on any atom is 0.214 e. The van der Waals surface area contributed by atoms with Crippen molar-refractivity contribution >= 4 is 40.1 Å². The number of rotatable bonds is 4. The normalized spacial score (nSPS) is 12.6. The molecular formula is C7H10Cl2OS. The number of alkyl halides is 2. The summed E-state index contributed by atoms with van der Waals surface area (Å²) in [5.74, 6) is 0.925. The lowest BCUT2D eigenvalue weighted by Gasteiger charge is -2.02. The van der Waals surface area contributed by atoms with Crippen LogP contribution in [0.15, 0.2) is 12.2 Å². The molecule has 0 bridgehead atoms. The van der Waals surface area contributed by atoms with E-state index in [2.05, 4.69) is 6.58 Å². The SMILES string of the molecule is C=C(C)C(=O)SCC(Cl)CCl. The van der Waals surface area contributed by atoms with Crippen LogP contribution >= 0.6 is 35.0 Å². The zero-order chi connectivity index (χ0) is 8.85. The van der Waals surface area contributed by atoms with Gasteiger partial charge in [0.05, 0.1) is 5.38 Å². The van der Waals surface area contributed by atoms with E-state index >= 15 is 0 Å². The van der Waals surface area contributed by atoms with E-state index in [0.29, 0.717) is 17.2 Å². The van der Waals surface area contributed by atoms with E-state index in [1.165, 1.54) is 0 Å². The van der Waals surface area contributed by atoms with Crippen LogP contribution in [-0.4, -0.2) is 22.1 Å². The summed E-state index contributed by atoms with van der Waals surface area (Å²) < 4.78 is 0. The second kappa shape index (κ2) is 5.92. The molecule has 1 atom stereocenters. The molecule has 0 saturated carbocycles. The van der Waals surface area contributed by atoms with Gasteiger partial charge in [-0.05, 0) is 12.5 Å². The van der Waals surface area contributed by atoms with Crippen LogP contribution in [-0.2, 0) is 4.79 Å². The van der Waals surface area contributed by atoms with Crippen LogP contribution in [0.25, 0.3) is 0 Å². The van der Waals surface area contributed by atoms with Crippen LogP contribution < -0.4 is 0 Å². The van der Waals surface area contributed by atoms with Gasteiger partial charge >= 0.3 is 0 Å². The summed E-state index contributed by atoms with van der Waals surface area (Å²) in [6.07, 6.45) is 0. The molecule has 64 valence electrons. The summed E-state index contributed by atoms with van der Waals surface area (Å²) in [6, 6.07) is 0. The Morgan fingerprint density at radius 2 is 2.27 bits per heavy atom. The average molecular weight is 213 g/mol. The Hall–Kier alpha value is 0.340. The van der Waals surface area contributed by atoms with Gasteiger partial charge in [0.2, 0.25) is 5.12 Å². The number of hydrogen-bond acceptors (Lipinski definition) is 2. The minimum absolute atomic E-state index is 0.0132. The molecule has 1 nitrogen and oxygen atoms in total. The number of thioether (sulfide) groups is 1. The van der Waals surface area contributed by atoms with E-state index < -0.39 is 0 Å². The van der Waals surface area contributed by atoms with Crippen molar-refractivity contribution < 1.29 is 4.79 Å². The topological polar surface area (TPSA) is 17.1 Å². The maximum atomic E-state index is 10.9. The highest BCUT2D eigenvalue weighted by Gasteiger charge is 2.07. The van der Waals surface area contributed by atoms with Crippen LogP contribution in [0.5, 0.6) is 0 Å². The molecule has 0 aromatic carbocycles. The van der Waals surface area contributed by atoms with E-state index in [9.17, 15) is 4.79 Å². The van der Waals surface area contributed by atoms with Crippen molar-refractivity contribution in [2.75, 3.05) is 11.6 Å². The highest BCUT2D eigenvalue weighted by atomic mass is 35.5. The summed E-state index contributed by atoms with van der Waals surface area (Å²) in [5.41, 5.74) is 0.549. The molecule has 11 heavy (non-hydrogen) atoms. The molecule has 0 rings (SSSR count). The molecule has 0 aliphatic rings. The second-order valence-corrected chi connectivity index (χ2v) is 4.05. The minimum atomic E-state index is -0.134. The van der Waals surface area contributed by atoms with Gasteiger partial charge in [0.25, 0.3) is 0 Å². The third kappa shape index (κ3) is 5.59. The highest BCUT2D eigenvalue weighted by Crippen LogP contribution is 2.13. The van der Waals surface area contributed by atoms with Gasteiger partial charge in [0, 0.05) is 11.6 Å². The van der Waals surface area contributed by atoms with Gasteiger partial charge < -0.3 is 0 Å². The first-order chi connectivity index (χ1) is 5.07. The van der Waals surface area contributed by atoms with Gasteiger partial charge in [-0.25, -0.2) is 0 Å². The highest BCUT2D eigenvalue weighted by molar-refractivity contribution is 8.14. The Morgan fingerprint density at radius 3 is 2.64 bits per heavy atom. The predicted molar refractivity (Wildman–Crippen MR) is 52.6 cm³/mol. The first kappa shape index (κ1) is 11.3. The molecule has 0 aliphatic carbocycles. The van der Waals surface area contributed by atoms with Gasteiger partial charge in [-0.1, -0.05) is 18.3 Å². The average Bonchev–Trinajstić information content (AvgIpc) is 1.99. The fraction of sp³-hybridized carbons (Fsp3) is 0.571. The van der Waals surface area contributed by atoms with Gasteiger partial charge in [-0.3, -0.25) is 4.79 Å². The maximum absolute atomic E-state index is 10.9. The van der Waals surface area contributed by atoms with Gasteiger partial charge in [0.15, 0.2) is 0 Å². The van der Waals surface area contributed by atoms with Crippen LogP contribution in [0.3, 0.4) is 0 Å². The zero-order valence-electron chi connectivity index (χ0n) is 6.27. The van der Waals surface area contributed by atoms with Gasteiger partial charge in [-0.2, -0.15) is 0 Å². The van der Waals surface area contributed by atoms with Crippen LogP contribution in [0, 0.1) is 0 Å². The van der Waals surface area contributed by atoms with Crippen molar-refractivity contribution in [3.63, 3.8) is 0 Å². The van der Waals surface area contributed by atoms with Crippen molar-refractivity contribution in [3.8, 4) is 0 Å². The van der Waals surface area contributed by atoms with Crippen molar-refractivity contribution in [1.82, 2.24) is 0 Å².